The molecule has 166 valence electrons. The van der Waals surface area contributed by atoms with Crippen LogP contribution in [0.5, 0.6) is 0 Å². The minimum atomic E-state index is -0.400. The summed E-state index contributed by atoms with van der Waals surface area (Å²) in [5.74, 6) is 2.14. The van der Waals surface area contributed by atoms with E-state index in [2.05, 4.69) is 41.4 Å². The minimum Gasteiger partial charge on any atom is -0.460 e. The normalized spacial score (nSPS) is 12.7. The molecule has 0 saturated carbocycles. The van der Waals surface area contributed by atoms with Crippen LogP contribution >= 0.6 is 0 Å². The van der Waals surface area contributed by atoms with Crippen LogP contribution in [0, 0.1) is 0 Å². The summed E-state index contributed by atoms with van der Waals surface area (Å²) in [5.41, 5.74) is -0.455. The first kappa shape index (κ1) is 25.0. The van der Waals surface area contributed by atoms with Crippen molar-refractivity contribution in [2.24, 2.45) is 4.99 Å². The quantitative estimate of drug-likeness (QED) is 0.259. The van der Waals surface area contributed by atoms with E-state index in [1.807, 2.05) is 27.7 Å². The number of unbranched alkanes of at least 4 members (excludes halogenated alkanes) is 3. The number of aliphatic imine (C=N–C) groups is 1. The lowest BCUT2D eigenvalue weighted by Crippen LogP contribution is -2.37. The third-order valence-electron chi connectivity index (χ3n) is 4.03. The van der Waals surface area contributed by atoms with Gasteiger partial charge >= 0.3 is 5.97 Å². The third kappa shape index (κ3) is 11.5. The SMILES string of the molecule is CCNC(=NCc1ncc(C(C)(C)C)o1)NCCCCCCC(=O)OC(C)(C)C. The van der Waals surface area contributed by atoms with Crippen molar-refractivity contribution in [1.29, 1.82) is 0 Å². The Morgan fingerprint density at radius 2 is 1.79 bits per heavy atom. The maximum absolute atomic E-state index is 11.7. The van der Waals surface area contributed by atoms with Crippen molar-refractivity contribution in [1.82, 2.24) is 15.6 Å². The molecule has 0 fully saturated rings. The number of carbonyl (C=O) groups excluding carboxylic acids is 1. The summed E-state index contributed by atoms with van der Waals surface area (Å²) in [6.45, 7) is 16.0. The number of nitrogens with one attached hydrogen (secondary N) is 2. The van der Waals surface area contributed by atoms with E-state index in [9.17, 15) is 4.79 Å². The zero-order chi connectivity index (χ0) is 21.9. The molecule has 0 saturated heterocycles. The van der Waals surface area contributed by atoms with Gasteiger partial charge < -0.3 is 19.8 Å². The molecule has 0 bridgehead atoms. The minimum absolute atomic E-state index is 0.0544. The van der Waals surface area contributed by atoms with E-state index in [0.717, 1.165) is 50.5 Å². The van der Waals surface area contributed by atoms with Gasteiger partial charge in [-0.1, -0.05) is 33.6 Å². The molecule has 0 radical (unpaired) electrons. The Labute approximate surface area is 176 Å². The van der Waals surface area contributed by atoms with E-state index < -0.39 is 5.60 Å². The van der Waals surface area contributed by atoms with E-state index in [1.54, 1.807) is 6.20 Å². The lowest BCUT2D eigenvalue weighted by molar-refractivity contribution is -0.154. The molecule has 0 spiro atoms. The number of guanidine groups is 1. The Morgan fingerprint density at radius 3 is 2.38 bits per heavy atom. The highest BCUT2D eigenvalue weighted by atomic mass is 16.6. The van der Waals surface area contributed by atoms with E-state index in [0.29, 0.717) is 18.9 Å². The van der Waals surface area contributed by atoms with Gasteiger partial charge in [-0.05, 0) is 40.5 Å². The van der Waals surface area contributed by atoms with Gasteiger partial charge in [0, 0.05) is 24.9 Å². The zero-order valence-electron chi connectivity index (χ0n) is 19.4. The van der Waals surface area contributed by atoms with Crippen LogP contribution < -0.4 is 10.6 Å². The van der Waals surface area contributed by atoms with Crippen LogP contribution in [0.3, 0.4) is 0 Å². The molecule has 0 unspecified atom stereocenters. The van der Waals surface area contributed by atoms with Crippen molar-refractivity contribution in [2.45, 2.75) is 98.1 Å². The molecule has 1 heterocycles. The van der Waals surface area contributed by atoms with Gasteiger partial charge in [0.1, 0.15) is 17.9 Å². The Kier molecular flexibility index (Phi) is 10.2. The molecule has 0 amide bonds. The van der Waals surface area contributed by atoms with Crippen LogP contribution in [0.25, 0.3) is 0 Å². The monoisotopic (exact) mass is 408 g/mol. The lowest BCUT2D eigenvalue weighted by Gasteiger charge is -2.19. The molecule has 2 N–H and O–H groups in total. The molecule has 1 aromatic rings. The van der Waals surface area contributed by atoms with Crippen molar-refractivity contribution in [2.75, 3.05) is 13.1 Å². The van der Waals surface area contributed by atoms with Crippen molar-refractivity contribution in [3.05, 3.63) is 17.8 Å². The Hall–Kier alpha value is -2.05. The van der Waals surface area contributed by atoms with E-state index in [4.69, 9.17) is 9.15 Å². The van der Waals surface area contributed by atoms with Gasteiger partial charge in [0.15, 0.2) is 5.96 Å². The smallest absolute Gasteiger partial charge is 0.306 e. The molecule has 1 aromatic heterocycles. The highest BCUT2D eigenvalue weighted by Gasteiger charge is 2.19. The lowest BCUT2D eigenvalue weighted by atomic mass is 9.94. The highest BCUT2D eigenvalue weighted by molar-refractivity contribution is 5.79. The topological polar surface area (TPSA) is 88.8 Å². The number of hydrogen-bond donors (Lipinski definition) is 2. The van der Waals surface area contributed by atoms with Crippen LogP contribution in [0.4, 0.5) is 0 Å². The number of esters is 1. The van der Waals surface area contributed by atoms with Gasteiger partial charge in [0.05, 0.1) is 6.20 Å². The number of aromatic nitrogens is 1. The number of nitrogens with zero attached hydrogens (tertiary/aromatic N) is 2. The van der Waals surface area contributed by atoms with Crippen LogP contribution in [0.1, 0.15) is 92.2 Å². The maximum atomic E-state index is 11.7. The fourth-order valence-corrected chi connectivity index (χ4v) is 2.57. The van der Waals surface area contributed by atoms with Crippen molar-refractivity contribution in [3.8, 4) is 0 Å². The standard InChI is InChI=1S/C22H40N4O3/c1-8-23-20(26-16-18-25-15-17(28-18)21(2,3)4)24-14-12-10-9-11-13-19(27)29-22(5,6)7/h15H,8-14,16H2,1-7H3,(H2,23,24,26). The van der Waals surface area contributed by atoms with Gasteiger partial charge in [0.25, 0.3) is 0 Å². The van der Waals surface area contributed by atoms with Gasteiger partial charge in [-0.25, -0.2) is 9.98 Å². The molecule has 0 aliphatic carbocycles. The number of carbonyl (C=O) groups is 1. The molecule has 7 nitrogen and oxygen atoms in total. The number of hydrogen-bond acceptors (Lipinski definition) is 5. The predicted octanol–water partition coefficient (Wildman–Crippen LogP) is 4.32. The number of rotatable bonds is 10. The van der Waals surface area contributed by atoms with Crippen molar-refractivity contribution < 1.29 is 13.9 Å². The second kappa shape index (κ2) is 11.8. The van der Waals surface area contributed by atoms with E-state index in [1.165, 1.54) is 0 Å². The number of ether oxygens (including phenoxy) is 1. The Morgan fingerprint density at radius 1 is 1.10 bits per heavy atom. The fraction of sp³-hybridized carbons (Fsp3) is 0.773. The second-order valence-electron chi connectivity index (χ2n) is 9.24. The molecule has 0 aromatic carbocycles. The average molecular weight is 409 g/mol. The summed E-state index contributed by atoms with van der Waals surface area (Å²) in [6, 6.07) is 0. The third-order valence-corrected chi connectivity index (χ3v) is 4.03. The van der Waals surface area contributed by atoms with Gasteiger partial charge in [-0.15, -0.1) is 0 Å². The van der Waals surface area contributed by atoms with Crippen LogP contribution in [0.15, 0.2) is 15.6 Å². The average Bonchev–Trinajstić information content (AvgIpc) is 3.06. The van der Waals surface area contributed by atoms with E-state index >= 15 is 0 Å². The summed E-state index contributed by atoms with van der Waals surface area (Å²) in [5, 5.41) is 6.57. The summed E-state index contributed by atoms with van der Waals surface area (Å²) in [4.78, 5) is 20.5. The number of oxazole rings is 1. The molecule has 1 rings (SSSR count). The van der Waals surface area contributed by atoms with Gasteiger partial charge in [0.2, 0.25) is 5.89 Å². The molecule has 7 heteroatoms. The molecule has 0 aliphatic rings. The summed E-state index contributed by atoms with van der Waals surface area (Å²) >= 11 is 0. The van der Waals surface area contributed by atoms with E-state index in [-0.39, 0.29) is 11.4 Å². The highest BCUT2D eigenvalue weighted by Crippen LogP contribution is 2.22. The zero-order valence-corrected chi connectivity index (χ0v) is 19.4. The Bertz CT molecular complexity index is 639. The largest absolute Gasteiger partial charge is 0.460 e. The maximum Gasteiger partial charge on any atom is 0.306 e. The van der Waals surface area contributed by atoms with Crippen LogP contribution in [-0.4, -0.2) is 35.6 Å². The van der Waals surface area contributed by atoms with Crippen LogP contribution in [0.2, 0.25) is 0 Å². The fourth-order valence-electron chi connectivity index (χ4n) is 2.57. The van der Waals surface area contributed by atoms with Crippen LogP contribution in [-0.2, 0) is 21.5 Å². The molecule has 0 atom stereocenters. The Balaban J connectivity index is 2.28. The summed E-state index contributed by atoms with van der Waals surface area (Å²) in [6.07, 6.45) is 6.23. The summed E-state index contributed by atoms with van der Waals surface area (Å²) in [7, 11) is 0. The molecule has 0 aliphatic heterocycles. The first-order valence-electron chi connectivity index (χ1n) is 10.7. The molecular weight excluding hydrogens is 368 g/mol. The summed E-state index contributed by atoms with van der Waals surface area (Å²) < 4.78 is 11.1. The van der Waals surface area contributed by atoms with Gasteiger partial charge in [-0.3, -0.25) is 4.79 Å². The first-order chi connectivity index (χ1) is 13.5. The molecule has 29 heavy (non-hydrogen) atoms. The first-order valence-corrected chi connectivity index (χ1v) is 10.7. The predicted molar refractivity (Wildman–Crippen MR) is 117 cm³/mol. The molecular formula is C22H40N4O3. The second-order valence-corrected chi connectivity index (χ2v) is 9.24. The van der Waals surface area contributed by atoms with Gasteiger partial charge in [-0.2, -0.15) is 0 Å². The van der Waals surface area contributed by atoms with Crippen molar-refractivity contribution >= 4 is 11.9 Å². The van der Waals surface area contributed by atoms with Crippen molar-refractivity contribution in [3.63, 3.8) is 0 Å².